The van der Waals surface area contributed by atoms with Crippen molar-refractivity contribution in [1.82, 2.24) is 4.90 Å². The van der Waals surface area contributed by atoms with Gasteiger partial charge in [-0.15, -0.1) is 0 Å². The van der Waals surface area contributed by atoms with Gasteiger partial charge in [0.25, 0.3) is 11.6 Å². The van der Waals surface area contributed by atoms with Crippen LogP contribution < -0.4 is 5.32 Å². The quantitative estimate of drug-likeness (QED) is 0.581. The number of nitrogens with one attached hydrogen (secondary N) is 1. The van der Waals surface area contributed by atoms with E-state index < -0.39 is 11.0 Å². The monoisotopic (exact) mass is 389 g/mol. The van der Waals surface area contributed by atoms with E-state index in [0.29, 0.717) is 29.4 Å². The minimum Gasteiger partial charge on any atom is -0.387 e. The van der Waals surface area contributed by atoms with Crippen molar-refractivity contribution in [3.63, 3.8) is 0 Å². The number of anilines is 1. The van der Waals surface area contributed by atoms with E-state index >= 15 is 0 Å². The summed E-state index contributed by atoms with van der Waals surface area (Å²) in [4.78, 5) is 25.0. The Kier molecular flexibility index (Phi) is 5.93. The van der Waals surface area contributed by atoms with Gasteiger partial charge in [-0.1, -0.05) is 23.7 Å². The molecule has 0 saturated carbocycles. The van der Waals surface area contributed by atoms with Crippen LogP contribution in [0.5, 0.6) is 0 Å². The Labute approximate surface area is 161 Å². The van der Waals surface area contributed by atoms with Crippen LogP contribution in [0.3, 0.4) is 0 Å². The first kappa shape index (κ1) is 19.1. The molecule has 0 bridgehead atoms. The van der Waals surface area contributed by atoms with Crippen molar-refractivity contribution in [3.8, 4) is 0 Å². The number of hydrogen-bond acceptors (Lipinski definition) is 5. The number of aliphatic hydroxyl groups is 1. The minimum absolute atomic E-state index is 0.0629. The number of amides is 1. The predicted molar refractivity (Wildman–Crippen MR) is 103 cm³/mol. The zero-order valence-corrected chi connectivity index (χ0v) is 15.4. The molecule has 1 amide bonds. The number of likely N-dealkylation sites (tertiary alicyclic amines) is 1. The van der Waals surface area contributed by atoms with Crippen molar-refractivity contribution in [2.24, 2.45) is 0 Å². The van der Waals surface area contributed by atoms with Gasteiger partial charge in [-0.2, -0.15) is 0 Å². The van der Waals surface area contributed by atoms with Crippen LogP contribution in [0.4, 0.5) is 11.4 Å². The number of nitro benzene ring substituents is 1. The van der Waals surface area contributed by atoms with Gasteiger partial charge in [-0.05, 0) is 42.7 Å². The van der Waals surface area contributed by atoms with Gasteiger partial charge in [-0.25, -0.2) is 0 Å². The number of hydrogen-bond donors (Lipinski definition) is 2. The van der Waals surface area contributed by atoms with Crippen LogP contribution in [0.2, 0.25) is 5.02 Å². The van der Waals surface area contributed by atoms with Crippen molar-refractivity contribution in [1.29, 1.82) is 0 Å². The van der Waals surface area contributed by atoms with Crippen LogP contribution in [-0.4, -0.2) is 40.5 Å². The van der Waals surface area contributed by atoms with Crippen molar-refractivity contribution in [3.05, 3.63) is 68.7 Å². The summed E-state index contributed by atoms with van der Waals surface area (Å²) in [6.45, 7) is 1.42. The Morgan fingerprint density at radius 2 is 1.89 bits per heavy atom. The van der Waals surface area contributed by atoms with Crippen LogP contribution in [-0.2, 0) is 0 Å². The summed E-state index contributed by atoms with van der Waals surface area (Å²) in [5.41, 5.74) is 1.09. The average Bonchev–Trinajstić information content (AvgIpc) is 3.20. The van der Waals surface area contributed by atoms with Crippen molar-refractivity contribution >= 4 is 28.9 Å². The van der Waals surface area contributed by atoms with Crippen molar-refractivity contribution < 1.29 is 14.8 Å². The van der Waals surface area contributed by atoms with Gasteiger partial charge in [0.15, 0.2) is 0 Å². The lowest BCUT2D eigenvalue weighted by molar-refractivity contribution is -0.385. The molecule has 27 heavy (non-hydrogen) atoms. The normalized spacial score (nSPS) is 14.8. The lowest BCUT2D eigenvalue weighted by Gasteiger charge is -2.17. The van der Waals surface area contributed by atoms with Gasteiger partial charge in [0, 0.05) is 36.4 Å². The fraction of sp³-hybridized carbons (Fsp3) is 0.316. The Morgan fingerprint density at radius 1 is 1.22 bits per heavy atom. The van der Waals surface area contributed by atoms with E-state index in [9.17, 15) is 20.0 Å². The Morgan fingerprint density at radius 3 is 2.52 bits per heavy atom. The molecule has 1 fully saturated rings. The van der Waals surface area contributed by atoms with E-state index in [1.54, 1.807) is 29.2 Å². The Balaban J connectivity index is 1.75. The number of nitrogens with zero attached hydrogens (tertiary/aromatic N) is 2. The van der Waals surface area contributed by atoms with Crippen LogP contribution in [0.15, 0.2) is 42.5 Å². The highest BCUT2D eigenvalue weighted by Gasteiger charge is 2.27. The van der Waals surface area contributed by atoms with E-state index in [4.69, 9.17) is 11.6 Å². The number of carbonyl (C=O) groups excluding carboxylic acids is 1. The van der Waals surface area contributed by atoms with E-state index in [-0.39, 0.29) is 23.7 Å². The molecule has 2 aromatic carbocycles. The minimum atomic E-state index is -0.782. The summed E-state index contributed by atoms with van der Waals surface area (Å²) in [5, 5.41) is 25.2. The van der Waals surface area contributed by atoms with Gasteiger partial charge >= 0.3 is 0 Å². The summed E-state index contributed by atoms with van der Waals surface area (Å²) in [6, 6.07) is 11.2. The third kappa shape index (κ3) is 4.56. The molecule has 1 unspecified atom stereocenters. The maximum Gasteiger partial charge on any atom is 0.282 e. The highest BCUT2D eigenvalue weighted by Crippen LogP contribution is 2.26. The van der Waals surface area contributed by atoms with Crippen LogP contribution >= 0.6 is 11.6 Å². The Bertz CT molecular complexity index is 835. The van der Waals surface area contributed by atoms with E-state index in [2.05, 4.69) is 5.32 Å². The maximum atomic E-state index is 12.6. The lowest BCUT2D eigenvalue weighted by atomic mass is 10.1. The molecule has 0 aliphatic carbocycles. The van der Waals surface area contributed by atoms with Gasteiger partial charge in [-0.3, -0.25) is 14.9 Å². The lowest BCUT2D eigenvalue weighted by Crippen LogP contribution is -2.28. The first-order valence-electron chi connectivity index (χ1n) is 8.71. The first-order chi connectivity index (χ1) is 13.0. The third-order valence-electron chi connectivity index (χ3n) is 4.57. The number of rotatable bonds is 6. The fourth-order valence-electron chi connectivity index (χ4n) is 3.08. The molecule has 1 aliphatic rings. The van der Waals surface area contributed by atoms with Crippen molar-refractivity contribution in [2.75, 3.05) is 25.0 Å². The molecule has 142 valence electrons. The highest BCUT2D eigenvalue weighted by atomic mass is 35.5. The van der Waals surface area contributed by atoms with Crippen LogP contribution in [0.1, 0.15) is 34.9 Å². The predicted octanol–water partition coefficient (Wildman–Crippen LogP) is 3.63. The fourth-order valence-corrected chi connectivity index (χ4v) is 3.21. The zero-order chi connectivity index (χ0) is 19.4. The summed E-state index contributed by atoms with van der Waals surface area (Å²) in [5.74, 6) is -0.332. The van der Waals surface area contributed by atoms with Gasteiger partial charge < -0.3 is 15.3 Å². The van der Waals surface area contributed by atoms with Gasteiger partial charge in [0.05, 0.1) is 11.0 Å². The standard InChI is InChI=1S/C19H20ClN3O4/c20-14-5-3-13(4-6-14)18(24)12-21-15-7-8-17(23(26)27)16(11-15)19(25)22-9-1-2-10-22/h3-8,11,18,21,24H,1-2,9-10,12H2. The molecule has 2 N–H and O–H groups in total. The number of halogens is 1. The number of benzene rings is 2. The second kappa shape index (κ2) is 8.37. The molecule has 7 nitrogen and oxygen atoms in total. The molecule has 0 spiro atoms. The maximum absolute atomic E-state index is 12.6. The smallest absolute Gasteiger partial charge is 0.282 e. The van der Waals surface area contributed by atoms with Gasteiger partial charge in [0.1, 0.15) is 5.56 Å². The second-order valence-corrected chi connectivity index (χ2v) is 6.87. The third-order valence-corrected chi connectivity index (χ3v) is 4.82. The summed E-state index contributed by atoms with van der Waals surface area (Å²) in [7, 11) is 0. The van der Waals surface area contributed by atoms with E-state index in [0.717, 1.165) is 12.8 Å². The molecule has 1 saturated heterocycles. The summed E-state index contributed by atoms with van der Waals surface area (Å²) >= 11 is 5.84. The number of nitro groups is 1. The molecular weight excluding hydrogens is 370 g/mol. The highest BCUT2D eigenvalue weighted by molar-refractivity contribution is 6.30. The molecule has 1 heterocycles. The molecule has 1 atom stereocenters. The van der Waals surface area contributed by atoms with Crippen molar-refractivity contribution in [2.45, 2.75) is 18.9 Å². The molecular formula is C19H20ClN3O4. The number of aliphatic hydroxyl groups excluding tert-OH is 1. The molecule has 2 aromatic rings. The Hall–Kier alpha value is -2.64. The first-order valence-corrected chi connectivity index (χ1v) is 9.08. The largest absolute Gasteiger partial charge is 0.387 e. The van der Waals surface area contributed by atoms with E-state index in [1.165, 1.54) is 18.2 Å². The van der Waals surface area contributed by atoms with Crippen LogP contribution in [0.25, 0.3) is 0 Å². The molecule has 0 aromatic heterocycles. The molecule has 3 rings (SSSR count). The zero-order valence-electron chi connectivity index (χ0n) is 14.6. The van der Waals surface area contributed by atoms with Gasteiger partial charge in [0.2, 0.25) is 0 Å². The molecule has 1 aliphatic heterocycles. The summed E-state index contributed by atoms with van der Waals surface area (Å²) < 4.78 is 0. The van der Waals surface area contributed by atoms with E-state index in [1.807, 2.05) is 0 Å². The van der Waals surface area contributed by atoms with Crippen LogP contribution in [0, 0.1) is 10.1 Å². The second-order valence-electron chi connectivity index (χ2n) is 6.44. The topological polar surface area (TPSA) is 95.7 Å². The average molecular weight is 390 g/mol. The molecule has 0 radical (unpaired) electrons. The number of carbonyl (C=O) groups is 1. The molecule has 8 heteroatoms. The SMILES string of the molecule is O=C(c1cc(NCC(O)c2ccc(Cl)cc2)ccc1[N+](=O)[O-])N1CCCC1. The summed E-state index contributed by atoms with van der Waals surface area (Å²) in [6.07, 6.45) is 1.03.